The van der Waals surface area contributed by atoms with E-state index in [1.807, 2.05) is 6.07 Å². The number of guanidine groups is 1. The number of rotatable bonds is 10. The molecule has 1 aromatic carbocycles. The van der Waals surface area contributed by atoms with Crippen molar-refractivity contribution in [3.63, 3.8) is 0 Å². The summed E-state index contributed by atoms with van der Waals surface area (Å²) in [4.78, 5) is 8.99. The molecule has 9 heteroatoms. The van der Waals surface area contributed by atoms with Crippen molar-refractivity contribution in [2.75, 3.05) is 81.3 Å². The first-order chi connectivity index (χ1) is 14.1. The Morgan fingerprint density at radius 3 is 2.47 bits per heavy atom. The Hall–Kier alpha value is -1.30. The van der Waals surface area contributed by atoms with Crippen LogP contribution in [-0.2, 0) is 4.74 Å². The minimum Gasteiger partial charge on any atom is -0.493 e. The number of methoxy groups -OCH3 is 2. The Morgan fingerprint density at radius 2 is 1.87 bits per heavy atom. The molecule has 30 heavy (non-hydrogen) atoms. The van der Waals surface area contributed by atoms with Crippen molar-refractivity contribution >= 4 is 29.9 Å². The Labute approximate surface area is 198 Å². The van der Waals surface area contributed by atoms with Crippen molar-refractivity contribution in [3.8, 4) is 11.5 Å². The highest BCUT2D eigenvalue weighted by molar-refractivity contribution is 14.0. The molecule has 1 aliphatic heterocycles. The maximum absolute atomic E-state index is 5.55. The monoisotopic (exact) mass is 535 g/mol. The second kappa shape index (κ2) is 14.7. The molecule has 2 rings (SSSR count). The van der Waals surface area contributed by atoms with E-state index in [1.165, 1.54) is 5.56 Å². The van der Waals surface area contributed by atoms with Crippen molar-refractivity contribution in [2.45, 2.75) is 12.5 Å². The summed E-state index contributed by atoms with van der Waals surface area (Å²) < 4.78 is 16.5. The van der Waals surface area contributed by atoms with Gasteiger partial charge in [0.05, 0.1) is 33.5 Å². The van der Waals surface area contributed by atoms with Gasteiger partial charge in [-0.2, -0.15) is 0 Å². The molecule has 1 fully saturated rings. The summed E-state index contributed by atoms with van der Waals surface area (Å²) in [7, 11) is 9.31. The fourth-order valence-corrected chi connectivity index (χ4v) is 3.42. The molecule has 8 nitrogen and oxygen atoms in total. The number of nitrogens with one attached hydrogen (secondary N) is 2. The van der Waals surface area contributed by atoms with Gasteiger partial charge in [0.1, 0.15) is 0 Å². The van der Waals surface area contributed by atoms with Crippen LogP contribution in [0.25, 0.3) is 0 Å². The molecule has 1 atom stereocenters. The van der Waals surface area contributed by atoms with Crippen LogP contribution in [0.5, 0.6) is 11.5 Å². The van der Waals surface area contributed by atoms with Gasteiger partial charge in [0, 0.05) is 33.2 Å². The summed E-state index contributed by atoms with van der Waals surface area (Å²) >= 11 is 0. The van der Waals surface area contributed by atoms with Gasteiger partial charge in [0.25, 0.3) is 0 Å². The number of hydrogen-bond acceptors (Lipinski definition) is 6. The maximum atomic E-state index is 5.55. The van der Waals surface area contributed by atoms with Crippen molar-refractivity contribution in [1.82, 2.24) is 20.4 Å². The second-order valence-corrected chi connectivity index (χ2v) is 7.32. The minimum absolute atomic E-state index is 0. The van der Waals surface area contributed by atoms with Gasteiger partial charge >= 0.3 is 0 Å². The normalized spacial score (nSPS) is 16.0. The van der Waals surface area contributed by atoms with Crippen LogP contribution < -0.4 is 20.1 Å². The smallest absolute Gasteiger partial charge is 0.191 e. The molecule has 0 bridgehead atoms. The van der Waals surface area contributed by atoms with Gasteiger partial charge in [0.2, 0.25) is 0 Å². The van der Waals surface area contributed by atoms with Gasteiger partial charge in [0.15, 0.2) is 17.5 Å². The number of nitrogens with zero attached hydrogens (tertiary/aromatic N) is 3. The molecular weight excluding hydrogens is 497 g/mol. The maximum Gasteiger partial charge on any atom is 0.191 e. The van der Waals surface area contributed by atoms with Crippen LogP contribution in [0.4, 0.5) is 0 Å². The predicted octanol–water partition coefficient (Wildman–Crippen LogP) is 1.81. The van der Waals surface area contributed by atoms with Crippen molar-refractivity contribution in [2.24, 2.45) is 4.99 Å². The Kier molecular flexibility index (Phi) is 13.1. The number of benzene rings is 1. The predicted molar refractivity (Wildman–Crippen MR) is 133 cm³/mol. The topological polar surface area (TPSA) is 70.6 Å². The summed E-state index contributed by atoms with van der Waals surface area (Å²) in [5, 5.41) is 6.89. The Balaban J connectivity index is 0.00000450. The Morgan fingerprint density at radius 1 is 1.17 bits per heavy atom. The second-order valence-electron chi connectivity index (χ2n) is 7.32. The van der Waals surface area contributed by atoms with E-state index >= 15 is 0 Å². The summed E-state index contributed by atoms with van der Waals surface area (Å²) in [6, 6.07) is 6.32. The molecular formula is C21H38IN5O3. The molecule has 1 aliphatic rings. The van der Waals surface area contributed by atoms with Gasteiger partial charge in [-0.15, -0.1) is 24.0 Å². The van der Waals surface area contributed by atoms with Gasteiger partial charge in [-0.1, -0.05) is 6.07 Å². The van der Waals surface area contributed by atoms with E-state index in [2.05, 4.69) is 51.7 Å². The third-order valence-electron chi connectivity index (χ3n) is 5.04. The average molecular weight is 535 g/mol. The largest absolute Gasteiger partial charge is 0.493 e. The van der Waals surface area contributed by atoms with E-state index in [1.54, 1.807) is 21.3 Å². The fraction of sp³-hybridized carbons (Fsp3) is 0.667. The van der Waals surface area contributed by atoms with Gasteiger partial charge in [-0.25, -0.2) is 0 Å². The molecule has 1 unspecified atom stereocenters. The van der Waals surface area contributed by atoms with Crippen molar-refractivity contribution < 1.29 is 14.2 Å². The van der Waals surface area contributed by atoms with Crippen LogP contribution in [-0.4, -0.2) is 97.1 Å². The fourth-order valence-electron chi connectivity index (χ4n) is 3.42. The molecule has 172 valence electrons. The first kappa shape index (κ1) is 26.7. The first-order valence-corrected chi connectivity index (χ1v) is 10.2. The number of ether oxygens (including phenoxy) is 3. The SMILES string of the molecule is CN=C(NCCCN(C)C)NCC(c1ccc(OC)c(OC)c1)N1CCOCC1.I. The molecule has 0 radical (unpaired) electrons. The van der Waals surface area contributed by atoms with Crippen LogP contribution in [0.2, 0.25) is 0 Å². The highest BCUT2D eigenvalue weighted by Crippen LogP contribution is 2.32. The third kappa shape index (κ3) is 8.44. The molecule has 0 aromatic heterocycles. The van der Waals surface area contributed by atoms with Crippen molar-refractivity contribution in [3.05, 3.63) is 23.8 Å². The van der Waals surface area contributed by atoms with Crippen LogP contribution in [0.15, 0.2) is 23.2 Å². The molecule has 0 saturated carbocycles. The van der Waals surface area contributed by atoms with Crippen molar-refractivity contribution in [1.29, 1.82) is 0 Å². The summed E-state index contributed by atoms with van der Waals surface area (Å²) in [6.07, 6.45) is 1.07. The van der Waals surface area contributed by atoms with Gasteiger partial charge in [-0.3, -0.25) is 9.89 Å². The van der Waals surface area contributed by atoms with Crippen LogP contribution in [0, 0.1) is 0 Å². The average Bonchev–Trinajstić information content (AvgIpc) is 2.75. The highest BCUT2D eigenvalue weighted by atomic mass is 127. The molecule has 1 aromatic rings. The third-order valence-corrected chi connectivity index (χ3v) is 5.04. The zero-order chi connectivity index (χ0) is 21.1. The van der Waals surface area contributed by atoms with E-state index in [9.17, 15) is 0 Å². The zero-order valence-electron chi connectivity index (χ0n) is 18.9. The lowest BCUT2D eigenvalue weighted by atomic mass is 10.0. The van der Waals surface area contributed by atoms with Crippen LogP contribution >= 0.6 is 24.0 Å². The minimum atomic E-state index is 0. The number of aliphatic imine (C=N–C) groups is 1. The quantitative estimate of drug-likeness (QED) is 0.205. The summed E-state index contributed by atoms with van der Waals surface area (Å²) in [6.45, 7) is 5.97. The number of hydrogen-bond donors (Lipinski definition) is 2. The molecule has 0 spiro atoms. The molecule has 2 N–H and O–H groups in total. The summed E-state index contributed by atoms with van der Waals surface area (Å²) in [5.74, 6) is 2.31. The van der Waals surface area contributed by atoms with Crippen LogP contribution in [0.3, 0.4) is 0 Å². The standard InChI is InChI=1S/C21H37N5O3.HI/c1-22-21(23-9-6-10-25(2)3)24-16-18(26-11-13-29-14-12-26)17-7-8-19(27-4)20(15-17)28-5;/h7-8,15,18H,6,9-14,16H2,1-5H3,(H2,22,23,24);1H. The lowest BCUT2D eigenvalue weighted by Gasteiger charge is -2.35. The van der Waals surface area contributed by atoms with E-state index in [4.69, 9.17) is 14.2 Å². The summed E-state index contributed by atoms with van der Waals surface area (Å²) in [5.41, 5.74) is 1.18. The number of morpholine rings is 1. The highest BCUT2D eigenvalue weighted by Gasteiger charge is 2.24. The van der Waals surface area contributed by atoms with Gasteiger partial charge in [-0.05, 0) is 44.8 Å². The van der Waals surface area contributed by atoms with E-state index in [0.717, 1.165) is 69.8 Å². The van der Waals surface area contributed by atoms with Crippen LogP contribution in [0.1, 0.15) is 18.0 Å². The number of halogens is 1. The Bertz CT molecular complexity index is 639. The molecule has 1 saturated heterocycles. The van der Waals surface area contributed by atoms with E-state index in [-0.39, 0.29) is 30.0 Å². The van der Waals surface area contributed by atoms with E-state index in [0.29, 0.717) is 0 Å². The lowest BCUT2D eigenvalue weighted by molar-refractivity contribution is 0.0169. The zero-order valence-corrected chi connectivity index (χ0v) is 21.3. The molecule has 0 aliphatic carbocycles. The lowest BCUT2D eigenvalue weighted by Crippen LogP contribution is -2.46. The van der Waals surface area contributed by atoms with E-state index < -0.39 is 0 Å². The molecule has 1 heterocycles. The van der Waals surface area contributed by atoms with Gasteiger partial charge < -0.3 is 29.7 Å². The molecule has 0 amide bonds. The first-order valence-electron chi connectivity index (χ1n) is 10.2.